The molecule has 0 atom stereocenters. The third kappa shape index (κ3) is 2.37. The maximum absolute atomic E-state index is 11.6. The molecule has 2 heterocycles. The average Bonchev–Trinajstić information content (AvgIpc) is 2.71. The molecule has 3 N–H and O–H groups in total. The van der Waals surface area contributed by atoms with E-state index < -0.39 is 0 Å². The van der Waals surface area contributed by atoms with Crippen LogP contribution < -0.4 is 11.1 Å². The number of fused-ring (bicyclic) bond motifs is 1. The summed E-state index contributed by atoms with van der Waals surface area (Å²) in [7, 11) is 1.86. The fourth-order valence-electron chi connectivity index (χ4n) is 3.09. The van der Waals surface area contributed by atoms with Gasteiger partial charge in [-0.25, -0.2) is 0 Å². The molecule has 0 aromatic carbocycles. The zero-order valence-corrected chi connectivity index (χ0v) is 12.2. The van der Waals surface area contributed by atoms with Crippen LogP contribution >= 0.6 is 11.3 Å². The predicted octanol–water partition coefficient (Wildman–Crippen LogP) is 2.05. The van der Waals surface area contributed by atoms with E-state index in [0.717, 1.165) is 36.0 Å². The highest BCUT2D eigenvalue weighted by Gasteiger charge is 2.28. The summed E-state index contributed by atoms with van der Waals surface area (Å²) in [6.45, 7) is 3.26. The van der Waals surface area contributed by atoms with Crippen molar-refractivity contribution in [3.8, 4) is 0 Å². The predicted molar refractivity (Wildman–Crippen MR) is 78.7 cm³/mol. The van der Waals surface area contributed by atoms with E-state index in [0.29, 0.717) is 0 Å². The first-order valence-electron chi connectivity index (χ1n) is 7.03. The van der Waals surface area contributed by atoms with Crippen LogP contribution in [0, 0.1) is 5.92 Å². The van der Waals surface area contributed by atoms with Crippen LogP contribution in [0.3, 0.4) is 0 Å². The molecule has 1 aromatic heterocycles. The van der Waals surface area contributed by atoms with Gasteiger partial charge in [0.15, 0.2) is 0 Å². The zero-order chi connectivity index (χ0) is 13.4. The van der Waals surface area contributed by atoms with Crippen molar-refractivity contribution in [2.24, 2.45) is 11.7 Å². The van der Waals surface area contributed by atoms with Gasteiger partial charge in [-0.1, -0.05) is 6.42 Å². The number of hydrogen-bond acceptors (Lipinski definition) is 4. The second-order valence-electron chi connectivity index (χ2n) is 5.60. The van der Waals surface area contributed by atoms with Crippen molar-refractivity contribution < 1.29 is 4.79 Å². The highest BCUT2D eigenvalue weighted by atomic mass is 32.1. The van der Waals surface area contributed by atoms with Gasteiger partial charge >= 0.3 is 0 Å². The van der Waals surface area contributed by atoms with Crippen molar-refractivity contribution in [3.05, 3.63) is 16.0 Å². The lowest BCUT2D eigenvalue weighted by Gasteiger charge is -2.34. The number of nitrogens with one attached hydrogen (secondary N) is 1. The van der Waals surface area contributed by atoms with Gasteiger partial charge in [0.25, 0.3) is 5.91 Å². The second kappa shape index (κ2) is 5.13. The second-order valence-corrected chi connectivity index (χ2v) is 6.71. The summed E-state index contributed by atoms with van der Waals surface area (Å²) >= 11 is 1.69. The van der Waals surface area contributed by atoms with Gasteiger partial charge in [-0.2, -0.15) is 0 Å². The van der Waals surface area contributed by atoms with E-state index in [-0.39, 0.29) is 5.91 Å². The summed E-state index contributed by atoms with van der Waals surface area (Å²) in [4.78, 5) is 15.5. The highest BCUT2D eigenvalue weighted by molar-refractivity contribution is 7.16. The minimum absolute atomic E-state index is 0.297. The summed E-state index contributed by atoms with van der Waals surface area (Å²) in [5, 5.41) is 4.04. The minimum atomic E-state index is -0.297. The van der Waals surface area contributed by atoms with Gasteiger partial charge in [0.2, 0.25) is 0 Å². The summed E-state index contributed by atoms with van der Waals surface area (Å²) in [6, 6.07) is 0. The van der Waals surface area contributed by atoms with Crippen LogP contribution in [0.2, 0.25) is 0 Å². The third-order valence-corrected chi connectivity index (χ3v) is 5.58. The minimum Gasteiger partial charge on any atom is -0.379 e. The molecule has 0 bridgehead atoms. The number of carbonyl (C=O) groups is 1. The molecule has 0 spiro atoms. The van der Waals surface area contributed by atoms with Crippen molar-refractivity contribution in [2.45, 2.75) is 32.2 Å². The summed E-state index contributed by atoms with van der Waals surface area (Å²) in [5.74, 6) is 0.607. The first-order chi connectivity index (χ1) is 9.19. The fourth-order valence-corrected chi connectivity index (χ4v) is 4.34. The molecule has 1 aliphatic heterocycles. The highest BCUT2D eigenvalue weighted by Crippen LogP contribution is 2.37. The van der Waals surface area contributed by atoms with Crippen LogP contribution in [0.15, 0.2) is 0 Å². The number of carbonyl (C=O) groups excluding carboxylic acids is 1. The quantitative estimate of drug-likeness (QED) is 0.887. The van der Waals surface area contributed by atoms with Crippen LogP contribution in [0.5, 0.6) is 0 Å². The SMILES string of the molecule is CNc1sc2c(c1C(N)=O)CCN(CC1CCC1)C2. The standard InChI is InChI=1S/C14H21N3OS/c1-16-14-12(13(15)18)10-5-6-17(8-11(10)19-14)7-9-3-2-4-9/h9,16H,2-8H2,1H3,(H2,15,18). The monoisotopic (exact) mass is 279 g/mol. The normalized spacial score (nSPS) is 19.8. The lowest BCUT2D eigenvalue weighted by Crippen LogP contribution is -2.36. The Morgan fingerprint density at radius 1 is 1.53 bits per heavy atom. The summed E-state index contributed by atoms with van der Waals surface area (Å²) < 4.78 is 0. The average molecular weight is 279 g/mol. The molecule has 0 radical (unpaired) electrons. The molecule has 2 aliphatic rings. The van der Waals surface area contributed by atoms with E-state index >= 15 is 0 Å². The third-order valence-electron chi connectivity index (χ3n) is 4.35. The first kappa shape index (κ1) is 12.9. The topological polar surface area (TPSA) is 58.4 Å². The number of nitrogens with zero attached hydrogens (tertiary/aromatic N) is 1. The summed E-state index contributed by atoms with van der Waals surface area (Å²) in [6.07, 6.45) is 5.14. The first-order valence-corrected chi connectivity index (χ1v) is 7.85. The Hall–Kier alpha value is -1.07. The zero-order valence-electron chi connectivity index (χ0n) is 11.4. The van der Waals surface area contributed by atoms with Crippen LogP contribution in [0.25, 0.3) is 0 Å². The Kier molecular flexibility index (Phi) is 3.50. The number of thiophene rings is 1. The Labute approximate surface area is 118 Å². The molecule has 4 nitrogen and oxygen atoms in total. The lowest BCUT2D eigenvalue weighted by molar-refractivity contribution is 0.0999. The van der Waals surface area contributed by atoms with Crippen molar-refractivity contribution in [2.75, 3.05) is 25.5 Å². The van der Waals surface area contributed by atoms with E-state index in [1.807, 2.05) is 7.05 Å². The number of hydrogen-bond donors (Lipinski definition) is 2. The van der Waals surface area contributed by atoms with E-state index in [1.54, 1.807) is 11.3 Å². The summed E-state index contributed by atoms with van der Waals surface area (Å²) in [5.41, 5.74) is 7.43. The number of primary amides is 1. The van der Waals surface area contributed by atoms with Crippen LogP contribution in [-0.2, 0) is 13.0 Å². The molecule has 1 amide bonds. The van der Waals surface area contributed by atoms with Gasteiger partial charge in [0.1, 0.15) is 5.00 Å². The number of anilines is 1. The molecule has 0 saturated heterocycles. The Balaban J connectivity index is 1.79. The van der Waals surface area contributed by atoms with Crippen molar-refractivity contribution in [1.82, 2.24) is 4.90 Å². The van der Waals surface area contributed by atoms with Gasteiger partial charge in [-0.05, 0) is 30.7 Å². The van der Waals surface area contributed by atoms with Gasteiger partial charge in [0, 0.05) is 31.6 Å². The number of rotatable bonds is 4. The van der Waals surface area contributed by atoms with Gasteiger partial charge in [0.05, 0.1) is 5.56 Å². The smallest absolute Gasteiger partial charge is 0.251 e. The van der Waals surface area contributed by atoms with E-state index in [2.05, 4.69) is 10.2 Å². The van der Waals surface area contributed by atoms with Gasteiger partial charge in [-0.3, -0.25) is 9.69 Å². The maximum atomic E-state index is 11.6. The maximum Gasteiger partial charge on any atom is 0.251 e. The Bertz CT molecular complexity index is 493. The molecular weight excluding hydrogens is 258 g/mol. The molecule has 1 aliphatic carbocycles. The number of amides is 1. The van der Waals surface area contributed by atoms with Crippen LogP contribution in [0.1, 0.15) is 40.1 Å². The van der Waals surface area contributed by atoms with Crippen LogP contribution in [-0.4, -0.2) is 30.9 Å². The van der Waals surface area contributed by atoms with E-state index in [1.165, 1.54) is 36.2 Å². The molecule has 5 heteroatoms. The Morgan fingerprint density at radius 3 is 2.89 bits per heavy atom. The van der Waals surface area contributed by atoms with Crippen molar-refractivity contribution in [3.63, 3.8) is 0 Å². The van der Waals surface area contributed by atoms with E-state index in [9.17, 15) is 4.79 Å². The molecule has 3 rings (SSSR count). The molecule has 104 valence electrons. The fraction of sp³-hybridized carbons (Fsp3) is 0.643. The molecule has 19 heavy (non-hydrogen) atoms. The van der Waals surface area contributed by atoms with E-state index in [4.69, 9.17) is 5.73 Å². The van der Waals surface area contributed by atoms with Gasteiger partial charge < -0.3 is 11.1 Å². The van der Waals surface area contributed by atoms with Crippen molar-refractivity contribution >= 4 is 22.2 Å². The molecule has 1 fully saturated rings. The lowest BCUT2D eigenvalue weighted by atomic mass is 9.85. The van der Waals surface area contributed by atoms with Crippen molar-refractivity contribution in [1.29, 1.82) is 0 Å². The number of nitrogens with two attached hydrogens (primary N) is 1. The molecule has 0 unspecified atom stereocenters. The Morgan fingerprint density at radius 2 is 2.32 bits per heavy atom. The molecular formula is C14H21N3OS. The molecule has 1 aromatic rings. The van der Waals surface area contributed by atoms with Gasteiger partial charge in [-0.15, -0.1) is 11.3 Å². The van der Waals surface area contributed by atoms with Crippen LogP contribution in [0.4, 0.5) is 5.00 Å². The largest absolute Gasteiger partial charge is 0.379 e. The molecule has 1 saturated carbocycles.